The monoisotopic (exact) mass is 542 g/mol. The number of likely N-dealkylation sites (tertiary alicyclic amines) is 1. The number of hydrogen-bond donors (Lipinski definition) is 2. The predicted molar refractivity (Wildman–Crippen MR) is 133 cm³/mol. The van der Waals surface area contributed by atoms with Gasteiger partial charge in [-0.25, -0.2) is 0 Å². The van der Waals surface area contributed by atoms with Crippen LogP contribution in [0.2, 0.25) is 0 Å². The van der Waals surface area contributed by atoms with E-state index in [1.807, 2.05) is 24.5 Å². The van der Waals surface area contributed by atoms with E-state index in [-0.39, 0.29) is 24.0 Å². The number of rotatable bonds is 7. The van der Waals surface area contributed by atoms with Crippen LogP contribution >= 0.6 is 35.3 Å². The topological polar surface area (TPSA) is 58.1 Å². The second-order valence-corrected chi connectivity index (χ2v) is 8.67. The molecule has 1 saturated heterocycles. The fraction of sp³-hybridized carbons (Fsp3) is 0.500. The summed E-state index contributed by atoms with van der Waals surface area (Å²) in [5, 5.41) is 9.11. The van der Waals surface area contributed by atoms with Crippen LogP contribution in [0.1, 0.15) is 23.3 Å². The molecule has 164 valence electrons. The molecule has 1 aromatic carbocycles. The Morgan fingerprint density at radius 1 is 1.23 bits per heavy atom. The SMILES string of the molecule is CN=C(NCCc1ccc2c(c1)OCO2)NCC1CCCN(Cc2cccs2)C1.I. The first-order chi connectivity index (χ1) is 14.3. The molecule has 2 aliphatic heterocycles. The molecule has 0 spiro atoms. The number of benzene rings is 1. The zero-order chi connectivity index (χ0) is 19.9. The molecule has 2 N–H and O–H groups in total. The van der Waals surface area contributed by atoms with Crippen molar-refractivity contribution in [3.8, 4) is 11.5 Å². The standard InChI is InChI=1S/C22H30N4O2S.HI/c1-23-22(24-9-8-17-6-7-20-21(12-17)28-16-27-20)25-13-18-4-2-10-26(14-18)15-19-5-3-11-29-19;/h3,5-7,11-12,18H,2,4,8-10,13-16H2,1H3,(H2,23,24,25);1H. The van der Waals surface area contributed by atoms with Crippen molar-refractivity contribution in [2.45, 2.75) is 25.8 Å². The molecule has 1 atom stereocenters. The summed E-state index contributed by atoms with van der Waals surface area (Å²) >= 11 is 1.85. The lowest BCUT2D eigenvalue weighted by Crippen LogP contribution is -2.44. The van der Waals surface area contributed by atoms with Crippen LogP contribution in [0.5, 0.6) is 11.5 Å². The Bertz CT molecular complexity index is 815. The molecule has 1 fully saturated rings. The van der Waals surface area contributed by atoms with Gasteiger partial charge in [0.15, 0.2) is 17.5 Å². The van der Waals surface area contributed by atoms with E-state index in [0.717, 1.165) is 50.1 Å². The van der Waals surface area contributed by atoms with Gasteiger partial charge < -0.3 is 20.1 Å². The van der Waals surface area contributed by atoms with E-state index in [1.54, 1.807) is 0 Å². The summed E-state index contributed by atoms with van der Waals surface area (Å²) < 4.78 is 10.8. The van der Waals surface area contributed by atoms with Crippen LogP contribution < -0.4 is 20.1 Å². The smallest absolute Gasteiger partial charge is 0.231 e. The summed E-state index contributed by atoms with van der Waals surface area (Å²) in [6.07, 6.45) is 3.46. The number of fused-ring (bicyclic) bond motifs is 1. The summed E-state index contributed by atoms with van der Waals surface area (Å²) in [7, 11) is 1.83. The number of ether oxygens (including phenoxy) is 2. The number of thiophene rings is 1. The van der Waals surface area contributed by atoms with E-state index >= 15 is 0 Å². The second-order valence-electron chi connectivity index (χ2n) is 7.64. The van der Waals surface area contributed by atoms with Crippen LogP contribution in [-0.2, 0) is 13.0 Å². The van der Waals surface area contributed by atoms with E-state index < -0.39 is 0 Å². The van der Waals surface area contributed by atoms with Crippen LogP contribution in [0.15, 0.2) is 40.7 Å². The number of halogens is 1. The van der Waals surface area contributed by atoms with Gasteiger partial charge in [0.1, 0.15) is 0 Å². The van der Waals surface area contributed by atoms with Gasteiger partial charge in [0.05, 0.1) is 0 Å². The molecule has 30 heavy (non-hydrogen) atoms. The predicted octanol–water partition coefficient (Wildman–Crippen LogP) is 3.71. The van der Waals surface area contributed by atoms with Crippen molar-refractivity contribution in [1.82, 2.24) is 15.5 Å². The largest absolute Gasteiger partial charge is 0.454 e. The number of aliphatic imine (C=N–C) groups is 1. The van der Waals surface area contributed by atoms with Crippen LogP contribution in [-0.4, -0.2) is 50.9 Å². The number of piperidine rings is 1. The Kier molecular flexibility index (Phi) is 9.07. The van der Waals surface area contributed by atoms with E-state index in [4.69, 9.17) is 9.47 Å². The van der Waals surface area contributed by atoms with Crippen LogP contribution in [0.25, 0.3) is 0 Å². The molecule has 2 aliphatic rings. The molecule has 2 aromatic rings. The maximum Gasteiger partial charge on any atom is 0.231 e. The minimum absolute atomic E-state index is 0. The average molecular weight is 542 g/mol. The first-order valence-corrected chi connectivity index (χ1v) is 11.3. The van der Waals surface area contributed by atoms with Crippen LogP contribution in [0.4, 0.5) is 0 Å². The van der Waals surface area contributed by atoms with Crippen molar-refractivity contribution in [2.75, 3.05) is 40.0 Å². The molecule has 6 nitrogen and oxygen atoms in total. The first kappa shape index (κ1) is 23.1. The Morgan fingerprint density at radius 3 is 2.97 bits per heavy atom. The first-order valence-electron chi connectivity index (χ1n) is 10.4. The van der Waals surface area contributed by atoms with E-state index in [9.17, 15) is 0 Å². The highest BCUT2D eigenvalue weighted by atomic mass is 127. The molecule has 1 unspecified atom stereocenters. The Hall–Kier alpha value is -1.52. The quantitative estimate of drug-likeness (QED) is 0.318. The molecular weight excluding hydrogens is 511 g/mol. The Labute approximate surface area is 200 Å². The molecule has 0 amide bonds. The Morgan fingerprint density at radius 2 is 2.13 bits per heavy atom. The van der Waals surface area contributed by atoms with Crippen molar-refractivity contribution in [1.29, 1.82) is 0 Å². The van der Waals surface area contributed by atoms with Gasteiger partial charge in [0.25, 0.3) is 0 Å². The Balaban J connectivity index is 0.00000256. The minimum Gasteiger partial charge on any atom is -0.454 e. The summed E-state index contributed by atoms with van der Waals surface area (Å²) in [5.74, 6) is 3.21. The fourth-order valence-electron chi connectivity index (χ4n) is 3.97. The number of hydrogen-bond acceptors (Lipinski definition) is 5. The lowest BCUT2D eigenvalue weighted by atomic mass is 9.98. The van der Waals surface area contributed by atoms with Crippen molar-refractivity contribution in [2.24, 2.45) is 10.9 Å². The van der Waals surface area contributed by atoms with Crippen LogP contribution in [0.3, 0.4) is 0 Å². The molecule has 0 radical (unpaired) electrons. The third-order valence-corrected chi connectivity index (χ3v) is 6.35. The number of nitrogens with one attached hydrogen (secondary N) is 2. The highest BCUT2D eigenvalue weighted by molar-refractivity contribution is 14.0. The summed E-state index contributed by atoms with van der Waals surface area (Å²) in [6.45, 7) is 5.55. The lowest BCUT2D eigenvalue weighted by molar-refractivity contribution is 0.169. The second kappa shape index (κ2) is 11.8. The number of guanidine groups is 1. The van der Waals surface area contributed by atoms with E-state index in [2.05, 4.69) is 50.2 Å². The van der Waals surface area contributed by atoms with E-state index in [1.165, 1.54) is 29.8 Å². The fourth-order valence-corrected chi connectivity index (χ4v) is 4.71. The van der Waals surface area contributed by atoms with E-state index in [0.29, 0.717) is 12.7 Å². The number of nitrogens with zero attached hydrogens (tertiary/aromatic N) is 2. The van der Waals surface area contributed by atoms with Gasteiger partial charge in [-0.1, -0.05) is 12.1 Å². The molecule has 1 aromatic heterocycles. The van der Waals surface area contributed by atoms with Gasteiger partial charge in [-0.2, -0.15) is 0 Å². The highest BCUT2D eigenvalue weighted by Crippen LogP contribution is 2.32. The summed E-state index contributed by atoms with van der Waals surface area (Å²) in [6, 6.07) is 10.5. The zero-order valence-electron chi connectivity index (χ0n) is 17.4. The summed E-state index contributed by atoms with van der Waals surface area (Å²) in [5.41, 5.74) is 1.23. The molecule has 3 heterocycles. The van der Waals surface area contributed by atoms with Gasteiger partial charge in [0.2, 0.25) is 6.79 Å². The van der Waals surface area contributed by atoms with Gasteiger partial charge in [0, 0.05) is 38.1 Å². The van der Waals surface area contributed by atoms with Crippen molar-refractivity contribution in [3.63, 3.8) is 0 Å². The maximum atomic E-state index is 5.45. The molecule has 8 heteroatoms. The average Bonchev–Trinajstić information content (AvgIpc) is 3.42. The molecule has 0 bridgehead atoms. The third kappa shape index (κ3) is 6.49. The van der Waals surface area contributed by atoms with Gasteiger partial charge in [-0.15, -0.1) is 35.3 Å². The maximum absolute atomic E-state index is 5.45. The normalized spacial score (nSPS) is 18.7. The third-order valence-electron chi connectivity index (χ3n) is 5.49. The molecule has 4 rings (SSSR count). The van der Waals surface area contributed by atoms with Crippen LogP contribution in [0, 0.1) is 5.92 Å². The minimum atomic E-state index is 0. The lowest BCUT2D eigenvalue weighted by Gasteiger charge is -2.32. The molecule has 0 saturated carbocycles. The molecular formula is C22H31IN4O2S. The zero-order valence-corrected chi connectivity index (χ0v) is 20.6. The van der Waals surface area contributed by atoms with Crippen molar-refractivity contribution in [3.05, 3.63) is 46.2 Å². The van der Waals surface area contributed by atoms with Gasteiger partial charge in [-0.3, -0.25) is 9.89 Å². The van der Waals surface area contributed by atoms with Gasteiger partial charge >= 0.3 is 0 Å². The van der Waals surface area contributed by atoms with Crippen molar-refractivity contribution >= 4 is 41.3 Å². The molecule has 0 aliphatic carbocycles. The summed E-state index contributed by atoms with van der Waals surface area (Å²) in [4.78, 5) is 8.42. The van der Waals surface area contributed by atoms with Crippen molar-refractivity contribution < 1.29 is 9.47 Å². The highest BCUT2D eigenvalue weighted by Gasteiger charge is 2.20. The van der Waals surface area contributed by atoms with Gasteiger partial charge in [-0.05, 0) is 60.9 Å².